The first-order valence-corrected chi connectivity index (χ1v) is 7.92. The van der Waals surface area contributed by atoms with E-state index in [9.17, 15) is 5.26 Å². The number of nitriles is 1. The van der Waals surface area contributed by atoms with Crippen LogP contribution in [0.5, 0.6) is 0 Å². The zero-order chi connectivity index (χ0) is 17.1. The smallest absolute Gasteiger partial charge is 0.142 e. The van der Waals surface area contributed by atoms with Crippen LogP contribution in [0.4, 0.5) is 5.82 Å². The number of nitrogens with two attached hydrogens (primary N) is 1. The van der Waals surface area contributed by atoms with Gasteiger partial charge >= 0.3 is 0 Å². The minimum absolute atomic E-state index is 0.215. The molecule has 24 heavy (non-hydrogen) atoms. The molecule has 0 aliphatic heterocycles. The van der Waals surface area contributed by atoms with Crippen LogP contribution in [0.2, 0.25) is 0 Å². The molecule has 0 atom stereocenters. The van der Waals surface area contributed by atoms with Crippen molar-refractivity contribution in [1.82, 2.24) is 4.98 Å². The lowest BCUT2D eigenvalue weighted by atomic mass is 9.99. The largest absolute Gasteiger partial charge is 0.464 e. The van der Waals surface area contributed by atoms with Crippen molar-refractivity contribution in [1.29, 1.82) is 5.26 Å². The molecular weight excluding hydrogens is 298 g/mol. The molecule has 1 aromatic carbocycles. The van der Waals surface area contributed by atoms with Crippen LogP contribution in [0.15, 0.2) is 53.1 Å². The number of furan rings is 1. The fraction of sp³-hybridized carbons (Fsp3) is 0.200. The standard InChI is InChI=1S/C20H19N3O/c1-13(2)10-14-5-7-15(8-6-14)18-11-16(19-4-3-9-24-19)17(12-21)20(22)23-18/h3-9,11,13H,10H2,1-2H3,(H2,22,23). The van der Waals surface area contributed by atoms with Gasteiger partial charge in [0.15, 0.2) is 0 Å². The topological polar surface area (TPSA) is 75.8 Å². The molecular formula is C20H19N3O. The van der Waals surface area contributed by atoms with Gasteiger partial charge in [0.25, 0.3) is 0 Å². The summed E-state index contributed by atoms with van der Waals surface area (Å²) in [6, 6.07) is 15.9. The third-order valence-electron chi connectivity index (χ3n) is 3.84. The van der Waals surface area contributed by atoms with Gasteiger partial charge in [-0.15, -0.1) is 0 Å². The summed E-state index contributed by atoms with van der Waals surface area (Å²) in [7, 11) is 0. The fourth-order valence-electron chi connectivity index (χ4n) is 2.74. The Morgan fingerprint density at radius 1 is 1.21 bits per heavy atom. The number of rotatable bonds is 4. The van der Waals surface area contributed by atoms with Crippen molar-refractivity contribution >= 4 is 5.82 Å². The Hall–Kier alpha value is -3.06. The van der Waals surface area contributed by atoms with Gasteiger partial charge < -0.3 is 10.2 Å². The van der Waals surface area contributed by atoms with E-state index in [-0.39, 0.29) is 5.82 Å². The molecule has 0 fully saturated rings. The molecule has 4 heteroatoms. The molecule has 3 aromatic rings. The van der Waals surface area contributed by atoms with Crippen LogP contribution >= 0.6 is 0 Å². The van der Waals surface area contributed by atoms with Gasteiger partial charge in [0, 0.05) is 11.1 Å². The molecule has 0 unspecified atom stereocenters. The van der Waals surface area contributed by atoms with E-state index in [2.05, 4.69) is 37.0 Å². The summed E-state index contributed by atoms with van der Waals surface area (Å²) in [5.74, 6) is 1.44. The molecule has 120 valence electrons. The maximum atomic E-state index is 9.37. The summed E-state index contributed by atoms with van der Waals surface area (Å²) < 4.78 is 5.44. The Kier molecular flexibility index (Phi) is 4.35. The van der Waals surface area contributed by atoms with E-state index in [1.54, 1.807) is 12.3 Å². The first-order valence-electron chi connectivity index (χ1n) is 7.92. The Labute approximate surface area is 141 Å². The number of nitrogen functional groups attached to an aromatic ring is 1. The number of aromatic nitrogens is 1. The van der Waals surface area contributed by atoms with E-state index in [1.165, 1.54) is 5.56 Å². The predicted molar refractivity (Wildman–Crippen MR) is 95.0 cm³/mol. The van der Waals surface area contributed by atoms with Gasteiger partial charge in [0.05, 0.1) is 12.0 Å². The van der Waals surface area contributed by atoms with Gasteiger partial charge in [-0.05, 0) is 36.1 Å². The molecule has 2 aromatic heterocycles. The second kappa shape index (κ2) is 6.59. The Bertz CT molecular complexity index is 872. The van der Waals surface area contributed by atoms with E-state index >= 15 is 0 Å². The van der Waals surface area contributed by atoms with Crippen LogP contribution < -0.4 is 5.73 Å². The van der Waals surface area contributed by atoms with Gasteiger partial charge in [-0.2, -0.15) is 5.26 Å². The molecule has 0 aliphatic carbocycles. The van der Waals surface area contributed by atoms with Crippen molar-refractivity contribution in [2.24, 2.45) is 5.92 Å². The number of hydrogen-bond donors (Lipinski definition) is 1. The van der Waals surface area contributed by atoms with Crippen molar-refractivity contribution in [2.75, 3.05) is 5.73 Å². The summed E-state index contributed by atoms with van der Waals surface area (Å²) in [5.41, 5.74) is 9.99. The first kappa shape index (κ1) is 15.8. The predicted octanol–water partition coefficient (Wildman–Crippen LogP) is 4.66. The summed E-state index contributed by atoms with van der Waals surface area (Å²) in [5, 5.41) is 9.37. The molecule has 0 bridgehead atoms. The van der Waals surface area contributed by atoms with Crippen LogP contribution in [-0.2, 0) is 6.42 Å². The zero-order valence-corrected chi connectivity index (χ0v) is 13.8. The van der Waals surface area contributed by atoms with Crippen molar-refractivity contribution < 1.29 is 4.42 Å². The van der Waals surface area contributed by atoms with Crippen molar-refractivity contribution in [3.8, 4) is 28.7 Å². The average Bonchev–Trinajstić information content (AvgIpc) is 3.08. The number of hydrogen-bond acceptors (Lipinski definition) is 4. The lowest BCUT2D eigenvalue weighted by molar-refractivity contribution is 0.582. The first-order chi connectivity index (χ1) is 11.6. The highest BCUT2D eigenvalue weighted by Crippen LogP contribution is 2.31. The van der Waals surface area contributed by atoms with E-state index in [4.69, 9.17) is 10.2 Å². The quantitative estimate of drug-likeness (QED) is 0.759. The summed E-state index contributed by atoms with van der Waals surface area (Å²) in [6.45, 7) is 4.40. The second-order valence-electron chi connectivity index (χ2n) is 6.20. The van der Waals surface area contributed by atoms with Crippen molar-refractivity contribution in [2.45, 2.75) is 20.3 Å². The summed E-state index contributed by atoms with van der Waals surface area (Å²) in [4.78, 5) is 4.39. The molecule has 0 radical (unpaired) electrons. The third-order valence-corrected chi connectivity index (χ3v) is 3.84. The number of nitrogens with zero attached hydrogens (tertiary/aromatic N) is 2. The van der Waals surface area contributed by atoms with E-state index in [0.29, 0.717) is 22.8 Å². The lowest BCUT2D eigenvalue weighted by Gasteiger charge is -2.09. The fourth-order valence-corrected chi connectivity index (χ4v) is 2.74. The molecule has 2 N–H and O–H groups in total. The van der Waals surface area contributed by atoms with Crippen LogP contribution in [0.25, 0.3) is 22.6 Å². The van der Waals surface area contributed by atoms with Gasteiger partial charge in [-0.25, -0.2) is 4.98 Å². The maximum absolute atomic E-state index is 9.37. The highest BCUT2D eigenvalue weighted by atomic mass is 16.3. The van der Waals surface area contributed by atoms with Gasteiger partial charge in [0.1, 0.15) is 23.2 Å². The lowest BCUT2D eigenvalue weighted by Crippen LogP contribution is -1.99. The second-order valence-corrected chi connectivity index (χ2v) is 6.20. The van der Waals surface area contributed by atoms with Crippen LogP contribution in [0.1, 0.15) is 25.0 Å². The third kappa shape index (κ3) is 3.16. The Morgan fingerprint density at radius 2 is 1.96 bits per heavy atom. The number of benzene rings is 1. The highest BCUT2D eigenvalue weighted by Gasteiger charge is 2.15. The van der Waals surface area contributed by atoms with Gasteiger partial charge in [-0.1, -0.05) is 38.1 Å². The van der Waals surface area contributed by atoms with Crippen LogP contribution in [-0.4, -0.2) is 4.98 Å². The summed E-state index contributed by atoms with van der Waals surface area (Å²) >= 11 is 0. The zero-order valence-electron chi connectivity index (χ0n) is 13.8. The molecule has 4 nitrogen and oxygen atoms in total. The SMILES string of the molecule is CC(C)Cc1ccc(-c2cc(-c3ccco3)c(C#N)c(N)n2)cc1. The summed E-state index contributed by atoms with van der Waals surface area (Å²) in [6.07, 6.45) is 2.62. The minimum Gasteiger partial charge on any atom is -0.464 e. The molecule has 2 heterocycles. The van der Waals surface area contributed by atoms with E-state index in [1.807, 2.05) is 24.3 Å². The monoisotopic (exact) mass is 317 g/mol. The van der Waals surface area contributed by atoms with Crippen LogP contribution in [0.3, 0.4) is 0 Å². The normalized spacial score (nSPS) is 10.8. The molecule has 0 spiro atoms. The van der Waals surface area contributed by atoms with E-state index in [0.717, 1.165) is 17.7 Å². The highest BCUT2D eigenvalue weighted by molar-refractivity contribution is 5.77. The minimum atomic E-state index is 0.215. The molecule has 0 aliphatic rings. The van der Waals surface area contributed by atoms with Crippen molar-refractivity contribution in [3.63, 3.8) is 0 Å². The number of pyridine rings is 1. The number of anilines is 1. The molecule has 0 amide bonds. The van der Waals surface area contributed by atoms with Gasteiger partial charge in [0.2, 0.25) is 0 Å². The molecule has 0 saturated heterocycles. The van der Waals surface area contributed by atoms with Crippen molar-refractivity contribution in [3.05, 3.63) is 59.9 Å². The van der Waals surface area contributed by atoms with Crippen LogP contribution in [0, 0.1) is 17.2 Å². The average molecular weight is 317 g/mol. The maximum Gasteiger partial charge on any atom is 0.142 e. The Morgan fingerprint density at radius 3 is 2.54 bits per heavy atom. The molecule has 0 saturated carbocycles. The Balaban J connectivity index is 2.04. The molecule has 3 rings (SSSR count). The van der Waals surface area contributed by atoms with E-state index < -0.39 is 0 Å². The van der Waals surface area contributed by atoms with Gasteiger partial charge in [-0.3, -0.25) is 0 Å².